The van der Waals surface area contributed by atoms with Crippen molar-refractivity contribution >= 4 is 11.8 Å². The number of thioether (sulfide) groups is 1. The summed E-state index contributed by atoms with van der Waals surface area (Å²) in [5.41, 5.74) is 1.37. The van der Waals surface area contributed by atoms with Gasteiger partial charge in [-0.15, -0.1) is 11.8 Å². The van der Waals surface area contributed by atoms with Crippen LogP contribution in [0, 0.1) is 0 Å². The molecule has 1 atom stereocenters. The second kappa shape index (κ2) is 6.60. The lowest BCUT2D eigenvalue weighted by Gasteiger charge is -2.24. The highest BCUT2D eigenvalue weighted by Gasteiger charge is 2.28. The highest BCUT2D eigenvalue weighted by molar-refractivity contribution is 7.98. The number of benzene rings is 1. The van der Waals surface area contributed by atoms with E-state index in [9.17, 15) is 0 Å². The van der Waals surface area contributed by atoms with Crippen molar-refractivity contribution < 1.29 is 0 Å². The molecule has 100 valence electrons. The zero-order valence-corrected chi connectivity index (χ0v) is 12.5. The lowest BCUT2D eigenvalue weighted by molar-refractivity contribution is 0.241. The number of hydrogen-bond acceptors (Lipinski definition) is 3. The predicted octanol–water partition coefficient (Wildman–Crippen LogP) is 2.98. The second-order valence-corrected chi connectivity index (χ2v) is 6.10. The maximum atomic E-state index is 3.55. The first-order chi connectivity index (χ1) is 8.70. The molecule has 3 heteroatoms. The molecule has 1 fully saturated rings. The van der Waals surface area contributed by atoms with Gasteiger partial charge in [-0.25, -0.2) is 0 Å². The molecule has 0 spiro atoms. The van der Waals surface area contributed by atoms with Crippen LogP contribution >= 0.6 is 11.8 Å². The first-order valence-corrected chi connectivity index (χ1v) is 7.98. The summed E-state index contributed by atoms with van der Waals surface area (Å²) in [5.74, 6) is 0. The van der Waals surface area contributed by atoms with Gasteiger partial charge < -0.3 is 5.32 Å². The highest BCUT2D eigenvalue weighted by Crippen LogP contribution is 2.26. The summed E-state index contributed by atoms with van der Waals surface area (Å²) >= 11 is 1.79. The molecule has 0 amide bonds. The molecular formula is C15H24N2S. The van der Waals surface area contributed by atoms with Gasteiger partial charge in [0.25, 0.3) is 0 Å². The van der Waals surface area contributed by atoms with Crippen LogP contribution in [0.4, 0.5) is 0 Å². The Morgan fingerprint density at radius 1 is 1.33 bits per heavy atom. The standard InChI is InChI=1S/C15H24N2S/c1-12(17(2)14-6-7-14)10-16-11-13-4-8-15(18-3)9-5-13/h4-5,8-9,12,14,16H,6-7,10-11H2,1-3H3. The van der Waals surface area contributed by atoms with E-state index >= 15 is 0 Å². The lowest BCUT2D eigenvalue weighted by Crippen LogP contribution is -2.38. The molecule has 0 radical (unpaired) electrons. The van der Waals surface area contributed by atoms with E-state index in [4.69, 9.17) is 0 Å². The van der Waals surface area contributed by atoms with Crippen molar-refractivity contribution in [2.75, 3.05) is 19.8 Å². The SMILES string of the molecule is CSc1ccc(CNCC(C)N(C)C2CC2)cc1. The Morgan fingerprint density at radius 3 is 2.56 bits per heavy atom. The monoisotopic (exact) mass is 264 g/mol. The molecule has 0 saturated heterocycles. The molecule has 0 heterocycles. The third kappa shape index (κ3) is 4.01. The van der Waals surface area contributed by atoms with Gasteiger partial charge in [-0.05, 0) is 50.8 Å². The molecule has 1 aromatic rings. The summed E-state index contributed by atoms with van der Waals surface area (Å²) in [7, 11) is 2.25. The summed E-state index contributed by atoms with van der Waals surface area (Å²) < 4.78 is 0. The predicted molar refractivity (Wildman–Crippen MR) is 80.2 cm³/mol. The van der Waals surface area contributed by atoms with Crippen LogP contribution in [0.1, 0.15) is 25.3 Å². The van der Waals surface area contributed by atoms with Gasteiger partial charge in [0, 0.05) is 30.1 Å². The van der Waals surface area contributed by atoms with Crippen LogP contribution in [0.15, 0.2) is 29.2 Å². The molecule has 18 heavy (non-hydrogen) atoms. The molecule has 0 aliphatic heterocycles. The van der Waals surface area contributed by atoms with E-state index in [1.54, 1.807) is 11.8 Å². The first-order valence-electron chi connectivity index (χ1n) is 6.76. The molecule has 0 aromatic heterocycles. The minimum Gasteiger partial charge on any atom is -0.311 e. The average Bonchev–Trinajstić information content (AvgIpc) is 3.23. The lowest BCUT2D eigenvalue weighted by atomic mass is 10.2. The fourth-order valence-corrected chi connectivity index (χ4v) is 2.56. The maximum Gasteiger partial charge on any atom is 0.0206 e. The van der Waals surface area contributed by atoms with Crippen molar-refractivity contribution in [3.8, 4) is 0 Å². The first kappa shape index (κ1) is 13.9. The van der Waals surface area contributed by atoms with E-state index in [1.807, 2.05) is 0 Å². The van der Waals surface area contributed by atoms with E-state index in [-0.39, 0.29) is 0 Å². The van der Waals surface area contributed by atoms with E-state index in [1.165, 1.54) is 23.3 Å². The van der Waals surface area contributed by atoms with Gasteiger partial charge in [-0.3, -0.25) is 4.90 Å². The number of hydrogen-bond donors (Lipinski definition) is 1. The maximum absolute atomic E-state index is 3.55. The quantitative estimate of drug-likeness (QED) is 0.762. The average molecular weight is 264 g/mol. The Bertz CT molecular complexity index is 359. The third-order valence-corrected chi connectivity index (χ3v) is 4.49. The van der Waals surface area contributed by atoms with E-state index in [0.29, 0.717) is 6.04 Å². The summed E-state index contributed by atoms with van der Waals surface area (Å²) in [6.45, 7) is 4.34. The van der Waals surface area contributed by atoms with Crippen LogP contribution in [0.25, 0.3) is 0 Å². The van der Waals surface area contributed by atoms with Crippen LogP contribution in [-0.2, 0) is 6.54 Å². The molecule has 2 rings (SSSR count). The number of rotatable bonds is 7. The van der Waals surface area contributed by atoms with Gasteiger partial charge in [-0.2, -0.15) is 0 Å². The van der Waals surface area contributed by atoms with E-state index in [2.05, 4.69) is 54.7 Å². The van der Waals surface area contributed by atoms with Crippen LogP contribution in [-0.4, -0.2) is 36.8 Å². The van der Waals surface area contributed by atoms with Crippen LogP contribution < -0.4 is 5.32 Å². The smallest absolute Gasteiger partial charge is 0.0206 e. The van der Waals surface area contributed by atoms with Crippen molar-refractivity contribution in [1.29, 1.82) is 0 Å². The van der Waals surface area contributed by atoms with Crippen molar-refractivity contribution in [3.05, 3.63) is 29.8 Å². The van der Waals surface area contributed by atoms with E-state index < -0.39 is 0 Å². The number of nitrogens with one attached hydrogen (secondary N) is 1. The summed E-state index contributed by atoms with van der Waals surface area (Å²) in [6.07, 6.45) is 4.89. The third-order valence-electron chi connectivity index (χ3n) is 3.75. The molecule has 1 aromatic carbocycles. The Kier molecular flexibility index (Phi) is 5.10. The van der Waals surface area contributed by atoms with E-state index in [0.717, 1.165) is 19.1 Å². The normalized spacial score (nSPS) is 17.1. The zero-order valence-electron chi connectivity index (χ0n) is 11.6. The van der Waals surface area contributed by atoms with Crippen molar-refractivity contribution in [2.45, 2.75) is 43.3 Å². The second-order valence-electron chi connectivity index (χ2n) is 5.22. The number of nitrogens with zero attached hydrogens (tertiary/aromatic N) is 1. The van der Waals surface area contributed by atoms with Gasteiger partial charge in [-0.1, -0.05) is 12.1 Å². The molecule has 0 bridgehead atoms. The highest BCUT2D eigenvalue weighted by atomic mass is 32.2. The minimum atomic E-state index is 0.628. The van der Waals surface area contributed by atoms with Gasteiger partial charge in [0.15, 0.2) is 0 Å². The van der Waals surface area contributed by atoms with Gasteiger partial charge >= 0.3 is 0 Å². The Morgan fingerprint density at radius 2 is 2.00 bits per heavy atom. The Labute approximate surface area is 115 Å². The van der Waals surface area contributed by atoms with Crippen LogP contribution in [0.2, 0.25) is 0 Å². The summed E-state index contributed by atoms with van der Waals surface area (Å²) in [4.78, 5) is 3.84. The Hall–Kier alpha value is -0.510. The van der Waals surface area contributed by atoms with Gasteiger partial charge in [0.2, 0.25) is 0 Å². The molecule has 1 aliphatic carbocycles. The van der Waals surface area contributed by atoms with Crippen molar-refractivity contribution in [3.63, 3.8) is 0 Å². The van der Waals surface area contributed by atoms with Crippen LogP contribution in [0.5, 0.6) is 0 Å². The molecule has 1 unspecified atom stereocenters. The molecule has 1 saturated carbocycles. The number of likely N-dealkylation sites (N-methyl/N-ethyl adjacent to an activating group) is 1. The topological polar surface area (TPSA) is 15.3 Å². The molecule has 2 nitrogen and oxygen atoms in total. The molecule has 1 aliphatic rings. The van der Waals surface area contributed by atoms with Crippen LogP contribution in [0.3, 0.4) is 0 Å². The molecular weight excluding hydrogens is 240 g/mol. The minimum absolute atomic E-state index is 0.628. The van der Waals surface area contributed by atoms with Crippen molar-refractivity contribution in [2.24, 2.45) is 0 Å². The fourth-order valence-electron chi connectivity index (χ4n) is 2.15. The zero-order chi connectivity index (χ0) is 13.0. The van der Waals surface area contributed by atoms with Crippen molar-refractivity contribution in [1.82, 2.24) is 10.2 Å². The summed E-state index contributed by atoms with van der Waals surface area (Å²) in [5, 5.41) is 3.55. The largest absolute Gasteiger partial charge is 0.311 e. The fraction of sp³-hybridized carbons (Fsp3) is 0.600. The molecule has 1 N–H and O–H groups in total. The summed E-state index contributed by atoms with van der Waals surface area (Å²) in [6, 6.07) is 10.3. The van der Waals surface area contributed by atoms with Gasteiger partial charge in [0.05, 0.1) is 0 Å². The Balaban J connectivity index is 1.70. The van der Waals surface area contributed by atoms with Gasteiger partial charge in [0.1, 0.15) is 0 Å².